The van der Waals surface area contributed by atoms with E-state index < -0.39 is 5.41 Å². The smallest absolute Gasteiger partial charge is 0.160 e. The van der Waals surface area contributed by atoms with Gasteiger partial charge in [0, 0.05) is 12.6 Å². The van der Waals surface area contributed by atoms with E-state index in [1.165, 1.54) is 16.3 Å². The average molecular weight is 289 g/mol. The third kappa shape index (κ3) is 1.90. The lowest BCUT2D eigenvalue weighted by Crippen LogP contribution is -2.35. The number of rotatable bonds is 3. The molecule has 1 heterocycles. The van der Waals surface area contributed by atoms with Crippen LogP contribution in [0.4, 0.5) is 0 Å². The summed E-state index contributed by atoms with van der Waals surface area (Å²) < 4.78 is 0. The molecule has 1 unspecified atom stereocenters. The first-order valence-electron chi connectivity index (χ1n) is 7.54. The maximum atomic E-state index is 9.40. The molecule has 1 aliphatic heterocycles. The number of benzene rings is 2. The highest BCUT2D eigenvalue weighted by atomic mass is 15.4. The zero-order valence-corrected chi connectivity index (χ0v) is 13.2. The van der Waals surface area contributed by atoms with Crippen molar-refractivity contribution in [2.24, 2.45) is 5.41 Å². The molecule has 1 fully saturated rings. The zero-order valence-electron chi connectivity index (χ0n) is 13.2. The second kappa shape index (κ2) is 4.83. The van der Waals surface area contributed by atoms with Crippen molar-refractivity contribution < 1.29 is 0 Å². The molecule has 0 aliphatic carbocycles. The van der Waals surface area contributed by atoms with E-state index in [-0.39, 0.29) is 11.6 Å². The summed E-state index contributed by atoms with van der Waals surface area (Å²) >= 11 is 0. The zero-order chi connectivity index (χ0) is 16.0. The standard InChI is InChI=1S/C19H19N3/c1-14(22-13-19(22,3)18(2,11-20)12-21)16-10-6-8-15-7-4-5-9-17(15)16/h4-10,14H,13H2,1-3H3/t14-,19-,22?/m0/s1. The first-order chi connectivity index (χ1) is 10.5. The monoisotopic (exact) mass is 289 g/mol. The van der Waals surface area contributed by atoms with Gasteiger partial charge in [-0.3, -0.25) is 4.90 Å². The molecule has 0 amide bonds. The van der Waals surface area contributed by atoms with Gasteiger partial charge in [0.2, 0.25) is 0 Å². The molecule has 0 spiro atoms. The van der Waals surface area contributed by atoms with Gasteiger partial charge in [-0.2, -0.15) is 10.5 Å². The minimum Gasteiger partial charge on any atom is -0.285 e. The minimum atomic E-state index is -0.980. The predicted octanol–water partition coefficient (Wildman–Crippen LogP) is 4.03. The third-order valence-electron chi connectivity index (χ3n) is 5.27. The van der Waals surface area contributed by atoms with Crippen molar-refractivity contribution in [3.05, 3.63) is 48.0 Å². The number of hydrogen-bond acceptors (Lipinski definition) is 3. The van der Waals surface area contributed by atoms with E-state index in [4.69, 9.17) is 0 Å². The molecule has 3 rings (SSSR count). The molecule has 22 heavy (non-hydrogen) atoms. The molecule has 2 aromatic rings. The Kier molecular flexibility index (Phi) is 3.20. The number of hydrogen-bond donors (Lipinski definition) is 0. The SMILES string of the molecule is C[C@@H](c1cccc2ccccc12)N1C[C@@]1(C)C(C)(C#N)C#N. The summed E-state index contributed by atoms with van der Waals surface area (Å²) in [7, 11) is 0. The number of nitrogens with zero attached hydrogens (tertiary/aromatic N) is 3. The average Bonchev–Trinajstić information content (AvgIpc) is 3.26. The van der Waals surface area contributed by atoms with Crippen LogP contribution in [0.15, 0.2) is 42.5 Å². The molecule has 1 saturated heterocycles. The van der Waals surface area contributed by atoms with Crippen LogP contribution in [0, 0.1) is 28.1 Å². The fraction of sp³-hybridized carbons (Fsp3) is 0.368. The molecule has 0 bridgehead atoms. The Labute approximate surface area is 131 Å². The molecule has 3 nitrogen and oxygen atoms in total. The van der Waals surface area contributed by atoms with E-state index in [9.17, 15) is 10.5 Å². The van der Waals surface area contributed by atoms with Crippen LogP contribution in [0.3, 0.4) is 0 Å². The quantitative estimate of drug-likeness (QED) is 0.802. The predicted molar refractivity (Wildman–Crippen MR) is 86.8 cm³/mol. The van der Waals surface area contributed by atoms with E-state index in [0.717, 1.165) is 6.54 Å². The molecule has 0 radical (unpaired) electrons. The lowest BCUT2D eigenvalue weighted by atomic mass is 9.80. The van der Waals surface area contributed by atoms with Crippen LogP contribution < -0.4 is 0 Å². The van der Waals surface area contributed by atoms with Crippen LogP contribution in [0.2, 0.25) is 0 Å². The van der Waals surface area contributed by atoms with Crippen LogP contribution in [-0.4, -0.2) is 17.0 Å². The molecule has 0 N–H and O–H groups in total. The summed E-state index contributed by atoms with van der Waals surface area (Å²) in [6, 6.07) is 19.2. The maximum Gasteiger partial charge on any atom is 0.160 e. The molecule has 110 valence electrons. The largest absolute Gasteiger partial charge is 0.285 e. The van der Waals surface area contributed by atoms with Crippen LogP contribution in [0.25, 0.3) is 10.8 Å². The lowest BCUT2D eigenvalue weighted by Gasteiger charge is -2.26. The summed E-state index contributed by atoms with van der Waals surface area (Å²) in [5, 5.41) is 21.3. The van der Waals surface area contributed by atoms with Gasteiger partial charge in [-0.25, -0.2) is 0 Å². The van der Waals surface area contributed by atoms with Crippen LogP contribution in [0.1, 0.15) is 32.4 Å². The second-order valence-electron chi connectivity index (χ2n) is 6.49. The Balaban J connectivity index is 1.98. The fourth-order valence-electron chi connectivity index (χ4n) is 3.35. The summed E-state index contributed by atoms with van der Waals surface area (Å²) in [4.78, 5) is 2.25. The molecular weight excluding hydrogens is 270 g/mol. The summed E-state index contributed by atoms with van der Waals surface area (Å²) in [5.41, 5.74) is -0.112. The molecule has 1 aliphatic rings. The summed E-state index contributed by atoms with van der Waals surface area (Å²) in [6.07, 6.45) is 0. The van der Waals surface area contributed by atoms with E-state index in [0.29, 0.717) is 0 Å². The Morgan fingerprint density at radius 3 is 2.45 bits per heavy atom. The first kappa shape index (κ1) is 14.6. The molecule has 0 saturated carbocycles. The number of fused-ring (bicyclic) bond motifs is 1. The van der Waals surface area contributed by atoms with Crippen molar-refractivity contribution in [1.29, 1.82) is 10.5 Å². The first-order valence-corrected chi connectivity index (χ1v) is 7.54. The molecule has 3 atom stereocenters. The fourth-order valence-corrected chi connectivity index (χ4v) is 3.35. The third-order valence-corrected chi connectivity index (χ3v) is 5.27. The normalized spacial score (nSPS) is 25.2. The highest BCUT2D eigenvalue weighted by molar-refractivity contribution is 5.86. The summed E-state index contributed by atoms with van der Waals surface area (Å²) in [5.74, 6) is 0. The van der Waals surface area contributed by atoms with E-state index >= 15 is 0 Å². The van der Waals surface area contributed by atoms with Crippen molar-refractivity contribution in [2.75, 3.05) is 6.54 Å². The van der Waals surface area contributed by atoms with E-state index in [2.05, 4.69) is 60.4 Å². The molecule has 3 heteroatoms. The Morgan fingerprint density at radius 2 is 1.77 bits per heavy atom. The van der Waals surface area contributed by atoms with Gasteiger partial charge in [0.05, 0.1) is 17.7 Å². The topological polar surface area (TPSA) is 50.6 Å². The molecular formula is C19H19N3. The van der Waals surface area contributed by atoms with Crippen LogP contribution in [0.5, 0.6) is 0 Å². The van der Waals surface area contributed by atoms with Gasteiger partial charge in [0.1, 0.15) is 0 Å². The highest BCUT2D eigenvalue weighted by Gasteiger charge is 2.62. The van der Waals surface area contributed by atoms with Gasteiger partial charge in [-0.05, 0) is 37.1 Å². The maximum absolute atomic E-state index is 9.40. The van der Waals surface area contributed by atoms with Crippen molar-refractivity contribution in [1.82, 2.24) is 4.90 Å². The van der Waals surface area contributed by atoms with Crippen molar-refractivity contribution in [2.45, 2.75) is 32.4 Å². The van der Waals surface area contributed by atoms with Gasteiger partial charge in [-0.1, -0.05) is 42.5 Å². The second-order valence-corrected chi connectivity index (χ2v) is 6.49. The van der Waals surface area contributed by atoms with Gasteiger partial charge in [0.25, 0.3) is 0 Å². The van der Waals surface area contributed by atoms with Crippen molar-refractivity contribution >= 4 is 10.8 Å². The summed E-state index contributed by atoms with van der Waals surface area (Å²) in [6.45, 7) is 6.68. The van der Waals surface area contributed by atoms with Gasteiger partial charge < -0.3 is 0 Å². The Bertz CT molecular complexity index is 792. The van der Waals surface area contributed by atoms with Crippen molar-refractivity contribution in [3.63, 3.8) is 0 Å². The lowest BCUT2D eigenvalue weighted by molar-refractivity contribution is 0.274. The van der Waals surface area contributed by atoms with Gasteiger partial charge in [-0.15, -0.1) is 0 Å². The molecule has 0 aromatic heterocycles. The Morgan fingerprint density at radius 1 is 1.14 bits per heavy atom. The van der Waals surface area contributed by atoms with E-state index in [1.54, 1.807) is 6.92 Å². The van der Waals surface area contributed by atoms with Crippen LogP contribution in [-0.2, 0) is 0 Å². The molecule has 2 aromatic carbocycles. The van der Waals surface area contributed by atoms with Gasteiger partial charge >= 0.3 is 0 Å². The highest BCUT2D eigenvalue weighted by Crippen LogP contribution is 2.51. The number of nitriles is 2. The minimum absolute atomic E-state index is 0.178. The van der Waals surface area contributed by atoms with Crippen molar-refractivity contribution in [3.8, 4) is 12.1 Å². The Hall–Kier alpha value is -2.36. The van der Waals surface area contributed by atoms with Gasteiger partial charge in [0.15, 0.2) is 5.41 Å². The van der Waals surface area contributed by atoms with E-state index in [1.807, 2.05) is 13.0 Å². The van der Waals surface area contributed by atoms with Crippen LogP contribution >= 0.6 is 0 Å².